The molecule has 5 heteroatoms. The van der Waals surface area contributed by atoms with E-state index >= 15 is 0 Å². The summed E-state index contributed by atoms with van der Waals surface area (Å²) in [6, 6.07) is 4.43. The number of halogens is 2. The largest absolute Gasteiger partial charge is 0.383 e. The molecular weight excluding hydrogens is 301 g/mol. The lowest BCUT2D eigenvalue weighted by atomic mass is 10.1. The van der Waals surface area contributed by atoms with Gasteiger partial charge in [0.2, 0.25) is 0 Å². The number of amides is 1. The average Bonchev–Trinajstić information content (AvgIpc) is 2.32. The Kier molecular flexibility index (Phi) is 5.75. The molecule has 0 aliphatic carbocycles. The summed E-state index contributed by atoms with van der Waals surface area (Å²) in [7, 11) is 1.59. The van der Waals surface area contributed by atoms with Gasteiger partial charge in [0.05, 0.1) is 11.1 Å². The molecule has 1 rings (SSSR count). The van der Waals surface area contributed by atoms with Crippen molar-refractivity contribution in [2.75, 3.05) is 20.3 Å². The summed E-state index contributed by atoms with van der Waals surface area (Å²) in [5.41, 5.74) is 0.348. The molecule has 1 aromatic rings. The summed E-state index contributed by atoms with van der Waals surface area (Å²) in [5.74, 6) is -0.621. The van der Waals surface area contributed by atoms with Crippen molar-refractivity contribution < 1.29 is 13.9 Å². The number of nitrogens with zero attached hydrogens (tertiary/aromatic N) is 1. The maximum Gasteiger partial charge on any atom is 0.254 e. The number of hydrogen-bond donors (Lipinski definition) is 0. The fourth-order valence-corrected chi connectivity index (χ4v) is 1.83. The second-order valence-corrected chi connectivity index (χ2v) is 5.07. The van der Waals surface area contributed by atoms with E-state index in [1.165, 1.54) is 12.1 Å². The molecule has 0 saturated heterocycles. The maximum absolute atomic E-state index is 13.4. The van der Waals surface area contributed by atoms with Gasteiger partial charge in [-0.3, -0.25) is 4.79 Å². The molecule has 0 saturated carbocycles. The van der Waals surface area contributed by atoms with Crippen molar-refractivity contribution in [1.29, 1.82) is 0 Å². The summed E-state index contributed by atoms with van der Waals surface area (Å²) in [6.07, 6.45) is 0. The van der Waals surface area contributed by atoms with E-state index in [0.29, 0.717) is 23.2 Å². The summed E-state index contributed by atoms with van der Waals surface area (Å²) in [5, 5.41) is 0. The normalized spacial score (nSPS) is 10.8. The highest BCUT2D eigenvalue weighted by Gasteiger charge is 2.19. The number of carbonyl (C=O) groups is 1. The molecule has 18 heavy (non-hydrogen) atoms. The molecule has 0 bridgehead atoms. The van der Waals surface area contributed by atoms with E-state index in [2.05, 4.69) is 15.9 Å². The third kappa shape index (κ3) is 3.78. The Bertz CT molecular complexity index is 423. The summed E-state index contributed by atoms with van der Waals surface area (Å²) >= 11 is 3.07. The van der Waals surface area contributed by atoms with Crippen molar-refractivity contribution >= 4 is 21.8 Å². The molecule has 1 aromatic carbocycles. The second-order valence-electron chi connectivity index (χ2n) is 4.21. The van der Waals surface area contributed by atoms with Gasteiger partial charge in [0, 0.05) is 25.3 Å². The zero-order chi connectivity index (χ0) is 13.7. The molecule has 0 aromatic heterocycles. The van der Waals surface area contributed by atoms with Gasteiger partial charge in [-0.25, -0.2) is 4.39 Å². The fourth-order valence-electron chi connectivity index (χ4n) is 1.58. The van der Waals surface area contributed by atoms with Crippen molar-refractivity contribution in [1.82, 2.24) is 4.90 Å². The molecular formula is C13H17BrFNO2. The van der Waals surface area contributed by atoms with E-state index in [4.69, 9.17) is 4.74 Å². The lowest BCUT2D eigenvalue weighted by Gasteiger charge is -2.26. The van der Waals surface area contributed by atoms with E-state index in [0.717, 1.165) is 0 Å². The minimum atomic E-state index is -0.434. The average molecular weight is 318 g/mol. The fraction of sp³-hybridized carbons (Fsp3) is 0.462. The van der Waals surface area contributed by atoms with Crippen LogP contribution >= 0.6 is 15.9 Å². The predicted molar refractivity (Wildman–Crippen MR) is 72.1 cm³/mol. The minimum Gasteiger partial charge on any atom is -0.383 e. The SMILES string of the molecule is COCCN(C(=O)c1ccc(Br)c(F)c1)C(C)C. The van der Waals surface area contributed by atoms with Gasteiger partial charge in [-0.2, -0.15) is 0 Å². The number of hydrogen-bond acceptors (Lipinski definition) is 2. The monoisotopic (exact) mass is 317 g/mol. The smallest absolute Gasteiger partial charge is 0.254 e. The first kappa shape index (κ1) is 15.1. The molecule has 0 aliphatic heterocycles. The molecule has 0 radical (unpaired) electrons. The van der Waals surface area contributed by atoms with Crippen LogP contribution in [-0.2, 0) is 4.74 Å². The molecule has 0 unspecified atom stereocenters. The lowest BCUT2D eigenvalue weighted by molar-refractivity contribution is 0.0634. The van der Waals surface area contributed by atoms with Crippen LogP contribution in [0.1, 0.15) is 24.2 Å². The Morgan fingerprint density at radius 3 is 2.67 bits per heavy atom. The van der Waals surface area contributed by atoms with Crippen LogP contribution in [-0.4, -0.2) is 37.1 Å². The Balaban J connectivity index is 2.91. The van der Waals surface area contributed by atoms with E-state index < -0.39 is 5.82 Å². The third-order valence-corrected chi connectivity index (χ3v) is 3.23. The zero-order valence-corrected chi connectivity index (χ0v) is 12.3. The highest BCUT2D eigenvalue weighted by Crippen LogP contribution is 2.18. The maximum atomic E-state index is 13.4. The highest BCUT2D eigenvalue weighted by molar-refractivity contribution is 9.10. The molecule has 100 valence electrons. The summed E-state index contributed by atoms with van der Waals surface area (Å²) in [4.78, 5) is 13.9. The van der Waals surface area contributed by atoms with Crippen LogP contribution in [0.15, 0.2) is 22.7 Å². The number of benzene rings is 1. The van der Waals surface area contributed by atoms with Crippen LogP contribution in [0, 0.1) is 5.82 Å². The van der Waals surface area contributed by atoms with Crippen LogP contribution in [0.2, 0.25) is 0 Å². The second kappa shape index (κ2) is 6.85. The third-order valence-electron chi connectivity index (χ3n) is 2.59. The molecule has 0 N–H and O–H groups in total. The molecule has 1 amide bonds. The lowest BCUT2D eigenvalue weighted by Crippen LogP contribution is -2.39. The van der Waals surface area contributed by atoms with Gasteiger partial charge in [-0.1, -0.05) is 0 Å². The van der Waals surface area contributed by atoms with E-state index in [1.807, 2.05) is 13.8 Å². The molecule has 3 nitrogen and oxygen atoms in total. The van der Waals surface area contributed by atoms with Gasteiger partial charge in [0.15, 0.2) is 0 Å². The number of methoxy groups -OCH3 is 1. The van der Waals surface area contributed by atoms with Crippen molar-refractivity contribution in [3.05, 3.63) is 34.1 Å². The van der Waals surface area contributed by atoms with Crippen LogP contribution in [0.5, 0.6) is 0 Å². The first-order valence-electron chi connectivity index (χ1n) is 5.72. The van der Waals surface area contributed by atoms with Gasteiger partial charge in [0.1, 0.15) is 5.82 Å². The number of carbonyl (C=O) groups excluding carboxylic acids is 1. The Morgan fingerprint density at radius 2 is 2.17 bits per heavy atom. The number of ether oxygens (including phenoxy) is 1. The van der Waals surface area contributed by atoms with Crippen molar-refractivity contribution in [2.45, 2.75) is 19.9 Å². The molecule has 0 fully saturated rings. The van der Waals surface area contributed by atoms with Crippen LogP contribution < -0.4 is 0 Å². The van der Waals surface area contributed by atoms with Crippen LogP contribution in [0.25, 0.3) is 0 Å². The Labute approximate surface area is 115 Å². The standard InChI is InChI=1S/C13H17BrFNO2/c1-9(2)16(6-7-18-3)13(17)10-4-5-11(14)12(15)8-10/h4-5,8-9H,6-7H2,1-3H3. The highest BCUT2D eigenvalue weighted by atomic mass is 79.9. The van der Waals surface area contributed by atoms with Gasteiger partial charge in [0.25, 0.3) is 5.91 Å². The van der Waals surface area contributed by atoms with Crippen molar-refractivity contribution in [3.8, 4) is 0 Å². The van der Waals surface area contributed by atoms with Gasteiger partial charge >= 0.3 is 0 Å². The van der Waals surface area contributed by atoms with E-state index in [-0.39, 0.29) is 11.9 Å². The summed E-state index contributed by atoms with van der Waals surface area (Å²) < 4.78 is 18.7. The van der Waals surface area contributed by atoms with Crippen LogP contribution in [0.3, 0.4) is 0 Å². The molecule has 0 atom stereocenters. The van der Waals surface area contributed by atoms with Gasteiger partial charge < -0.3 is 9.64 Å². The van der Waals surface area contributed by atoms with E-state index in [1.54, 1.807) is 18.1 Å². The van der Waals surface area contributed by atoms with Crippen LogP contribution in [0.4, 0.5) is 4.39 Å². The molecule has 0 aliphatic rings. The van der Waals surface area contributed by atoms with E-state index in [9.17, 15) is 9.18 Å². The predicted octanol–water partition coefficient (Wildman–Crippen LogP) is 3.09. The Hall–Kier alpha value is -0.940. The zero-order valence-electron chi connectivity index (χ0n) is 10.7. The molecule has 0 heterocycles. The first-order valence-corrected chi connectivity index (χ1v) is 6.51. The van der Waals surface area contributed by atoms with Crippen molar-refractivity contribution in [2.24, 2.45) is 0 Å². The van der Waals surface area contributed by atoms with Gasteiger partial charge in [-0.05, 0) is 48.0 Å². The Morgan fingerprint density at radius 1 is 1.50 bits per heavy atom. The quantitative estimate of drug-likeness (QED) is 0.835. The van der Waals surface area contributed by atoms with Crippen molar-refractivity contribution in [3.63, 3.8) is 0 Å². The first-order chi connectivity index (χ1) is 8.47. The topological polar surface area (TPSA) is 29.5 Å². The molecule has 0 spiro atoms. The number of rotatable bonds is 5. The van der Waals surface area contributed by atoms with Gasteiger partial charge in [-0.15, -0.1) is 0 Å². The summed E-state index contributed by atoms with van der Waals surface area (Å²) in [6.45, 7) is 4.79. The minimum absolute atomic E-state index is 0.0411.